The van der Waals surface area contributed by atoms with E-state index in [4.69, 9.17) is 0 Å². The van der Waals surface area contributed by atoms with Crippen LogP contribution in [0.3, 0.4) is 0 Å². The summed E-state index contributed by atoms with van der Waals surface area (Å²) in [5.41, 5.74) is 3.48. The molecule has 30 heavy (non-hydrogen) atoms. The van der Waals surface area contributed by atoms with Crippen LogP contribution in [0.2, 0.25) is 0 Å². The molecule has 0 aromatic heterocycles. The van der Waals surface area contributed by atoms with Crippen LogP contribution in [0, 0.1) is 46.3 Å². The average Bonchev–Trinajstić information content (AvgIpc) is 3.03. The summed E-state index contributed by atoms with van der Waals surface area (Å²) in [5, 5.41) is 20.4. The predicted octanol–water partition coefficient (Wildman–Crippen LogP) is 6.65. The van der Waals surface area contributed by atoms with Crippen LogP contribution in [0.25, 0.3) is 0 Å². The van der Waals surface area contributed by atoms with Gasteiger partial charge in [0.2, 0.25) is 0 Å². The first-order valence-corrected chi connectivity index (χ1v) is 12.5. The Bertz CT molecular complexity index is 757. The van der Waals surface area contributed by atoms with Crippen molar-refractivity contribution in [1.29, 1.82) is 0 Å². The lowest BCUT2D eigenvalue weighted by molar-refractivity contribution is -0.183. The molecule has 2 heteroatoms. The molecule has 0 unspecified atom stereocenters. The highest BCUT2D eigenvalue weighted by Gasteiger charge is 2.57. The standard InChI is InChI=1S/C28H44O2/c1-18(2)19(3)7-8-20(4)23-11-12-24-22-10-9-21-17-28(29,30)16-15-26(21,5)25(22)13-14-27(23,24)6/h7-10,18-20,23-25,29-30H,11-17H2,1-6H3/b8-7+/t19-,20+,23+,24-,25-,26-,27+/m0/s1. The zero-order chi connectivity index (χ0) is 21.9. The Balaban J connectivity index is 1.58. The lowest BCUT2D eigenvalue weighted by Gasteiger charge is -2.55. The highest BCUT2D eigenvalue weighted by molar-refractivity contribution is 5.39. The average molecular weight is 413 g/mol. The molecule has 2 N–H and O–H groups in total. The molecule has 0 aromatic rings. The summed E-state index contributed by atoms with van der Waals surface area (Å²) in [6.45, 7) is 14.4. The van der Waals surface area contributed by atoms with E-state index in [2.05, 4.69) is 65.8 Å². The molecule has 3 saturated carbocycles. The second kappa shape index (κ2) is 7.62. The summed E-state index contributed by atoms with van der Waals surface area (Å²) in [6, 6.07) is 0. The normalized spacial score (nSPS) is 42.2. The molecule has 4 aliphatic rings. The first kappa shape index (κ1) is 22.3. The summed E-state index contributed by atoms with van der Waals surface area (Å²) in [6.07, 6.45) is 16.7. The van der Waals surface area contributed by atoms with Gasteiger partial charge in [-0.05, 0) is 78.4 Å². The molecule has 7 atom stereocenters. The molecule has 0 radical (unpaired) electrons. The summed E-state index contributed by atoms with van der Waals surface area (Å²) in [4.78, 5) is 0. The molecule has 0 aliphatic heterocycles. The maximum absolute atomic E-state index is 10.2. The van der Waals surface area contributed by atoms with Crippen LogP contribution in [-0.2, 0) is 0 Å². The van der Waals surface area contributed by atoms with Gasteiger partial charge < -0.3 is 10.2 Å². The fraction of sp³-hybridized carbons (Fsp3) is 0.786. The highest BCUT2D eigenvalue weighted by Crippen LogP contribution is 2.66. The fourth-order valence-electron chi connectivity index (χ4n) is 7.58. The number of rotatable bonds is 4. The van der Waals surface area contributed by atoms with E-state index in [-0.39, 0.29) is 5.41 Å². The van der Waals surface area contributed by atoms with Crippen LogP contribution in [0.4, 0.5) is 0 Å². The third kappa shape index (κ3) is 3.56. The Kier molecular flexibility index (Phi) is 5.68. The lowest BCUT2D eigenvalue weighted by Crippen LogP contribution is -2.48. The maximum Gasteiger partial charge on any atom is 0.166 e. The molecule has 3 fully saturated rings. The molecule has 0 saturated heterocycles. The third-order valence-corrected chi connectivity index (χ3v) is 10.1. The van der Waals surface area contributed by atoms with Gasteiger partial charge in [0.05, 0.1) is 0 Å². The minimum atomic E-state index is -1.51. The van der Waals surface area contributed by atoms with E-state index < -0.39 is 5.79 Å². The van der Waals surface area contributed by atoms with Crippen molar-refractivity contribution in [1.82, 2.24) is 0 Å². The summed E-state index contributed by atoms with van der Waals surface area (Å²) >= 11 is 0. The Hall–Kier alpha value is -0.860. The van der Waals surface area contributed by atoms with E-state index in [1.165, 1.54) is 31.3 Å². The van der Waals surface area contributed by atoms with Gasteiger partial charge in [-0.1, -0.05) is 77.0 Å². The Morgan fingerprint density at radius 2 is 1.63 bits per heavy atom. The molecule has 0 amide bonds. The summed E-state index contributed by atoms with van der Waals surface area (Å²) in [7, 11) is 0. The van der Waals surface area contributed by atoms with Crippen molar-refractivity contribution >= 4 is 0 Å². The molecule has 0 bridgehead atoms. The molecular formula is C28H44O2. The molecule has 0 aromatic carbocycles. The van der Waals surface area contributed by atoms with E-state index in [0.29, 0.717) is 47.8 Å². The van der Waals surface area contributed by atoms with E-state index >= 15 is 0 Å². The molecule has 2 nitrogen and oxygen atoms in total. The zero-order valence-electron chi connectivity index (χ0n) is 20.1. The molecule has 4 rings (SSSR count). The number of fused-ring (bicyclic) bond motifs is 5. The van der Waals surface area contributed by atoms with Gasteiger partial charge in [0.1, 0.15) is 0 Å². The highest BCUT2D eigenvalue weighted by atomic mass is 16.5. The number of hydrogen-bond acceptors (Lipinski definition) is 2. The Morgan fingerprint density at radius 1 is 0.900 bits per heavy atom. The lowest BCUT2D eigenvalue weighted by atomic mass is 9.50. The first-order valence-electron chi connectivity index (χ1n) is 12.5. The van der Waals surface area contributed by atoms with Crippen molar-refractivity contribution in [3.05, 3.63) is 35.5 Å². The van der Waals surface area contributed by atoms with Crippen LogP contribution >= 0.6 is 0 Å². The molecule has 4 aliphatic carbocycles. The van der Waals surface area contributed by atoms with Gasteiger partial charge >= 0.3 is 0 Å². The van der Waals surface area contributed by atoms with E-state index in [1.807, 2.05) is 0 Å². The predicted molar refractivity (Wildman–Crippen MR) is 125 cm³/mol. The van der Waals surface area contributed by atoms with E-state index in [9.17, 15) is 10.2 Å². The molecule has 0 spiro atoms. The van der Waals surface area contributed by atoms with Gasteiger partial charge in [0.25, 0.3) is 0 Å². The van der Waals surface area contributed by atoms with Crippen molar-refractivity contribution in [3.8, 4) is 0 Å². The first-order chi connectivity index (χ1) is 14.0. The largest absolute Gasteiger partial charge is 0.365 e. The Morgan fingerprint density at radius 3 is 2.33 bits per heavy atom. The molecule has 0 heterocycles. The van der Waals surface area contributed by atoms with Crippen LogP contribution in [0.15, 0.2) is 35.5 Å². The smallest absolute Gasteiger partial charge is 0.166 e. The van der Waals surface area contributed by atoms with E-state index in [1.54, 1.807) is 5.57 Å². The van der Waals surface area contributed by atoms with E-state index in [0.717, 1.165) is 12.3 Å². The summed E-state index contributed by atoms with van der Waals surface area (Å²) < 4.78 is 0. The third-order valence-electron chi connectivity index (χ3n) is 10.1. The monoisotopic (exact) mass is 412 g/mol. The topological polar surface area (TPSA) is 40.5 Å². The van der Waals surface area contributed by atoms with Gasteiger partial charge in [0.15, 0.2) is 5.79 Å². The van der Waals surface area contributed by atoms with Crippen molar-refractivity contribution in [2.24, 2.45) is 46.3 Å². The van der Waals surface area contributed by atoms with Crippen LogP contribution in [-0.4, -0.2) is 16.0 Å². The summed E-state index contributed by atoms with van der Waals surface area (Å²) in [5.74, 6) is 2.55. The van der Waals surface area contributed by atoms with Gasteiger partial charge in [-0.2, -0.15) is 0 Å². The number of aliphatic hydroxyl groups is 2. The number of allylic oxidation sites excluding steroid dienone is 5. The van der Waals surface area contributed by atoms with Crippen molar-refractivity contribution in [2.45, 2.75) is 92.3 Å². The minimum Gasteiger partial charge on any atom is -0.365 e. The van der Waals surface area contributed by atoms with Gasteiger partial charge in [-0.3, -0.25) is 0 Å². The van der Waals surface area contributed by atoms with Crippen molar-refractivity contribution < 1.29 is 10.2 Å². The van der Waals surface area contributed by atoms with Gasteiger partial charge in [-0.25, -0.2) is 0 Å². The van der Waals surface area contributed by atoms with Crippen LogP contribution in [0.1, 0.15) is 86.5 Å². The molecule has 168 valence electrons. The Labute approximate surface area is 184 Å². The van der Waals surface area contributed by atoms with Crippen molar-refractivity contribution in [3.63, 3.8) is 0 Å². The SMILES string of the molecule is CC(C)[C@@H](C)/C=C/[C@@H](C)[C@H]1CC[C@H]2C3=CC=C4CC(O)(O)CC[C@]4(C)[C@H]3CC[C@]12C. The van der Waals surface area contributed by atoms with Crippen molar-refractivity contribution in [2.75, 3.05) is 0 Å². The number of hydrogen-bond donors (Lipinski definition) is 2. The fourth-order valence-corrected chi connectivity index (χ4v) is 7.58. The second-order valence-electron chi connectivity index (χ2n) is 12.1. The zero-order valence-corrected chi connectivity index (χ0v) is 20.1. The molecular weight excluding hydrogens is 368 g/mol. The van der Waals surface area contributed by atoms with Crippen LogP contribution in [0.5, 0.6) is 0 Å². The quantitative estimate of drug-likeness (QED) is 0.401. The maximum atomic E-state index is 10.2. The van der Waals surface area contributed by atoms with Crippen LogP contribution < -0.4 is 0 Å². The minimum absolute atomic E-state index is 0.122. The second-order valence-corrected chi connectivity index (χ2v) is 12.1. The van der Waals surface area contributed by atoms with Gasteiger partial charge in [-0.15, -0.1) is 0 Å². The van der Waals surface area contributed by atoms with Gasteiger partial charge in [0, 0.05) is 12.8 Å².